The lowest BCUT2D eigenvalue weighted by Gasteiger charge is -2.26. The monoisotopic (exact) mass is 1750 g/mol. The van der Waals surface area contributed by atoms with Crippen molar-refractivity contribution < 1.29 is 92.4 Å². The molecule has 14 aliphatic rings. The van der Waals surface area contributed by atoms with Crippen LogP contribution in [0.25, 0.3) is 0 Å². The molecule has 14 heterocycles. The SMILES string of the molecule is [NH3+]CCC(=O)N1CCCCN(C(=O)CC[NH3+])c2ccc(cc2)Cc2ccc(cc2)N(C(=O)CCC(O)=NCCOCCCOCN=C(O)CCC(=O)N2CCCCN(C(=O)CC[NH3+])c3ccc(cc3)Cc3ccc(cc3)N(C(=O)CC[NH3+])CCCCN(C(=O)CC[NH3+])c3ccc(cc3)Cc3ccc2cc3)CCCCN(C(=O)CC[NH3+])c2ccc(cc2)Cc2ccc1cc2. The predicted octanol–water partition coefficient (Wildman–Crippen LogP) is 7.61. The molecule has 0 aromatic heterocycles. The molecule has 22 rings (SSSR count). The summed E-state index contributed by atoms with van der Waals surface area (Å²) in [6.07, 6.45) is 9.80. The number of rotatable bonds is 27. The van der Waals surface area contributed by atoms with Crippen LogP contribution in [0.1, 0.15) is 167 Å². The molecule has 0 saturated heterocycles. The number of carbonyl (C=O) groups is 8. The molecule has 8 aromatic rings. The Hall–Kier alpha value is -11.9. The molecule has 0 fully saturated rings. The lowest BCUT2D eigenvalue weighted by molar-refractivity contribution is -0.366. The van der Waals surface area contributed by atoms with Gasteiger partial charge >= 0.3 is 0 Å². The van der Waals surface area contributed by atoms with Crippen LogP contribution >= 0.6 is 0 Å². The van der Waals surface area contributed by atoms with Crippen LogP contribution in [-0.4, -0.2) is 194 Å². The topological polar surface area (TPSA) is 412 Å². The molecular formula is C100H136N16O12+6. The van der Waals surface area contributed by atoms with Gasteiger partial charge in [0, 0.05) is 130 Å². The van der Waals surface area contributed by atoms with E-state index >= 15 is 0 Å². The van der Waals surface area contributed by atoms with Gasteiger partial charge in [-0.2, -0.15) is 0 Å². The van der Waals surface area contributed by atoms with Crippen molar-refractivity contribution in [2.24, 2.45) is 9.98 Å². The van der Waals surface area contributed by atoms with E-state index < -0.39 is 0 Å². The Morgan fingerprint density at radius 2 is 0.422 bits per heavy atom. The van der Waals surface area contributed by atoms with Crippen LogP contribution in [0.4, 0.5) is 45.5 Å². The summed E-state index contributed by atoms with van der Waals surface area (Å²) in [6, 6.07) is 64.0. The maximum Gasteiger partial charge on any atom is 0.232 e. The minimum absolute atomic E-state index is 0.00627. The van der Waals surface area contributed by atoms with Crippen LogP contribution in [0.5, 0.6) is 0 Å². The Kier molecular flexibility index (Phi) is 40.8. The van der Waals surface area contributed by atoms with Gasteiger partial charge in [0.05, 0.1) is 97.6 Å². The molecule has 0 spiro atoms. The molecular weight excluding hydrogens is 1620 g/mol. The number of anilines is 8. The smallest absolute Gasteiger partial charge is 0.232 e. The molecule has 0 atom stereocenters. The van der Waals surface area contributed by atoms with E-state index in [0.29, 0.717) is 219 Å². The first-order chi connectivity index (χ1) is 62.3. The van der Waals surface area contributed by atoms with Crippen LogP contribution in [0.2, 0.25) is 0 Å². The molecule has 16 bridgehead atoms. The van der Waals surface area contributed by atoms with Gasteiger partial charge in [-0.3, -0.25) is 43.3 Å². The second kappa shape index (κ2) is 53.1. The van der Waals surface area contributed by atoms with E-state index in [1.165, 1.54) is 0 Å². The number of aliphatic imine (C=N–C) groups is 2. The first-order valence-corrected chi connectivity index (χ1v) is 45.9. The van der Waals surface area contributed by atoms with E-state index in [4.69, 9.17) is 9.47 Å². The second-order valence-corrected chi connectivity index (χ2v) is 32.7. The molecule has 20 N–H and O–H groups in total. The van der Waals surface area contributed by atoms with Crippen LogP contribution in [0, 0.1) is 0 Å². The van der Waals surface area contributed by atoms with E-state index in [-0.39, 0.29) is 124 Å². The maximum atomic E-state index is 14.4. The molecule has 128 heavy (non-hydrogen) atoms. The van der Waals surface area contributed by atoms with Crippen molar-refractivity contribution in [3.05, 3.63) is 239 Å². The number of aliphatic hydroxyl groups excluding tert-OH is 2. The quantitative estimate of drug-likeness (QED) is 0.0140. The van der Waals surface area contributed by atoms with Crippen molar-refractivity contribution in [1.82, 2.24) is 0 Å². The summed E-state index contributed by atoms with van der Waals surface area (Å²) in [4.78, 5) is 133. The normalized spacial score (nSPS) is 14.7. The molecule has 0 saturated carbocycles. The van der Waals surface area contributed by atoms with E-state index in [1.54, 1.807) is 19.6 Å². The molecule has 682 valence electrons. The van der Waals surface area contributed by atoms with Gasteiger partial charge in [-0.05, 0) is 225 Å². The zero-order valence-electron chi connectivity index (χ0n) is 74.9. The Labute approximate surface area is 753 Å². The molecule has 8 amide bonds. The largest absolute Gasteiger partial charge is 0.497 e. The Morgan fingerprint density at radius 1 is 0.242 bits per heavy atom. The number of hydrogen-bond acceptors (Lipinski definition) is 12. The third-order valence-corrected chi connectivity index (χ3v) is 23.0. The number of ether oxygens (including phenoxy) is 2. The standard InChI is InChI=1S/C100H130N16O12/c101-52-46-95(121)111-61-3-1-59-109(83-26-10-75(11-27-83)70-77-14-34-87(35-15-77)113(97(123)48-54-103)63-5-7-65-115(99(125)50-56-105)89-38-22-81(23-39-89)72-79-18-30-85(111)31-19-79)93(119)44-42-91(117)107-58-69-127-67-9-68-128-74-108-92(118)43-45-94(120)110-60-2-4-62-112(96(122)47-53-102)86-32-20-80(21-33-86)73-82-24-40-90(41-25-82)116(100(126)51-57-106)66-8-6-64-114(98(124)49-55-104)88-36-16-78(17-37-88)71-76-12-28-84(110)29-13-76/h10-41H,1-9,42-74,101-106H2,(H,107,117)(H,108,118)/p+6. The highest BCUT2D eigenvalue weighted by molar-refractivity contribution is 5.99. The number of nitrogens with zero attached hydrogens (tertiary/aromatic N) is 10. The highest BCUT2D eigenvalue weighted by Gasteiger charge is 2.26. The van der Waals surface area contributed by atoms with Gasteiger partial charge in [0.1, 0.15) is 6.73 Å². The number of carbonyl (C=O) groups excluding carboxylic acids is 8. The van der Waals surface area contributed by atoms with Crippen molar-refractivity contribution >= 4 is 105 Å². The number of aliphatic hydroxyl groups is 2. The Balaban J connectivity index is 0.718. The summed E-state index contributed by atoms with van der Waals surface area (Å²) in [5, 5.41) is 22.0. The van der Waals surface area contributed by atoms with Crippen molar-refractivity contribution in [3.8, 4) is 0 Å². The van der Waals surface area contributed by atoms with E-state index in [1.807, 2.05) is 214 Å². The summed E-state index contributed by atoms with van der Waals surface area (Å²) in [7, 11) is 0. The molecule has 0 radical (unpaired) electrons. The minimum atomic E-state index is -0.223. The molecule has 14 aliphatic heterocycles. The van der Waals surface area contributed by atoms with E-state index in [0.717, 1.165) is 78.6 Å². The summed E-state index contributed by atoms with van der Waals surface area (Å²) in [6.45, 7) is 7.15. The van der Waals surface area contributed by atoms with Gasteiger partial charge < -0.3 is 93.3 Å². The van der Waals surface area contributed by atoms with Gasteiger partial charge in [0.25, 0.3) is 0 Å². The van der Waals surface area contributed by atoms with Gasteiger partial charge in [-0.1, -0.05) is 97.1 Å². The van der Waals surface area contributed by atoms with Gasteiger partial charge in [0.15, 0.2) is 11.8 Å². The Bertz CT molecular complexity index is 4560. The molecule has 0 unspecified atom stereocenters. The lowest BCUT2D eigenvalue weighted by atomic mass is 10.0. The first kappa shape index (κ1) is 98.3. The first-order valence-electron chi connectivity index (χ1n) is 45.9. The summed E-state index contributed by atoms with van der Waals surface area (Å²) < 4.78 is 11.5. The van der Waals surface area contributed by atoms with Crippen LogP contribution in [-0.2, 0) is 73.5 Å². The van der Waals surface area contributed by atoms with E-state index in [9.17, 15) is 48.6 Å². The van der Waals surface area contributed by atoms with E-state index in [2.05, 4.69) is 44.4 Å². The Morgan fingerprint density at radius 3 is 0.617 bits per heavy atom. The number of amides is 8. The fraction of sp³-hybridized carbons (Fsp3) is 0.420. The van der Waals surface area contributed by atoms with Crippen molar-refractivity contribution in [2.45, 2.75) is 148 Å². The minimum Gasteiger partial charge on any atom is -0.497 e. The number of hydrogen-bond donors (Lipinski definition) is 8. The van der Waals surface area contributed by atoms with Crippen LogP contribution in [0.15, 0.2) is 204 Å². The molecule has 8 aromatic carbocycles. The third-order valence-electron chi connectivity index (χ3n) is 23.0. The van der Waals surface area contributed by atoms with Gasteiger partial charge in [-0.25, -0.2) is 4.99 Å². The van der Waals surface area contributed by atoms with Gasteiger partial charge in [-0.15, -0.1) is 0 Å². The maximum absolute atomic E-state index is 14.4. The zero-order valence-corrected chi connectivity index (χ0v) is 74.9. The zero-order chi connectivity index (χ0) is 90.8. The average Bonchev–Trinajstić information content (AvgIpc) is 0.846. The molecule has 28 heteroatoms. The average molecular weight is 1750 g/mol. The summed E-state index contributed by atoms with van der Waals surface area (Å²) >= 11 is 0. The third kappa shape index (κ3) is 31.0. The second-order valence-electron chi connectivity index (χ2n) is 32.7. The van der Waals surface area contributed by atoms with Crippen LogP contribution in [0.3, 0.4) is 0 Å². The number of quaternary nitrogens is 6. The lowest BCUT2D eigenvalue weighted by Crippen LogP contribution is -2.52. The van der Waals surface area contributed by atoms with Crippen molar-refractivity contribution in [2.75, 3.05) is 164 Å². The fourth-order valence-corrected chi connectivity index (χ4v) is 16.0. The molecule has 28 nitrogen and oxygen atoms in total. The predicted molar refractivity (Wildman–Crippen MR) is 502 cm³/mol. The number of benzene rings is 8. The highest BCUT2D eigenvalue weighted by Crippen LogP contribution is 2.30. The van der Waals surface area contributed by atoms with Gasteiger partial charge in [0.2, 0.25) is 47.3 Å². The van der Waals surface area contributed by atoms with Crippen LogP contribution < -0.4 is 73.6 Å². The van der Waals surface area contributed by atoms with Crippen molar-refractivity contribution in [1.29, 1.82) is 0 Å². The van der Waals surface area contributed by atoms with Crippen molar-refractivity contribution in [3.63, 3.8) is 0 Å². The summed E-state index contributed by atoms with van der Waals surface area (Å²) in [5.74, 6) is -0.873. The highest BCUT2D eigenvalue weighted by atomic mass is 16.5. The molecule has 0 aliphatic carbocycles. The fourth-order valence-electron chi connectivity index (χ4n) is 16.0. The summed E-state index contributed by atoms with van der Waals surface area (Å²) in [5.41, 5.74) is 38.3.